The van der Waals surface area contributed by atoms with Crippen LogP contribution < -0.4 is 10.7 Å². The zero-order valence-corrected chi connectivity index (χ0v) is 10.4. The molecular weight excluding hydrogens is 227 g/mol. The second-order valence-corrected chi connectivity index (χ2v) is 7.58. The normalized spacial score (nSPS) is 26.4. The highest BCUT2D eigenvalue weighted by atomic mass is 32.4. The predicted molar refractivity (Wildman–Crippen MR) is 67.5 cm³/mol. The van der Waals surface area contributed by atoms with E-state index in [0.29, 0.717) is 0 Å². The second-order valence-electron chi connectivity index (χ2n) is 3.27. The maximum Gasteiger partial charge on any atom is 0.162 e. The first-order valence-corrected chi connectivity index (χ1v) is 7.29. The van der Waals surface area contributed by atoms with Crippen LogP contribution in [0.1, 0.15) is 0 Å². The molecule has 15 heavy (non-hydrogen) atoms. The Balaban J connectivity index is 2.50. The Hall–Kier alpha value is -0.900. The molecule has 0 spiro atoms. The number of benzene rings is 1. The molecular formula is C9H13N4PS. The highest BCUT2D eigenvalue weighted by Crippen LogP contribution is 2.50. The number of rotatable bonds is 1. The average Bonchev–Trinajstić information content (AvgIpc) is 2.27. The van der Waals surface area contributed by atoms with E-state index in [1.165, 1.54) is 0 Å². The van der Waals surface area contributed by atoms with Crippen LogP contribution >= 0.6 is 6.34 Å². The van der Waals surface area contributed by atoms with E-state index in [0.717, 1.165) is 5.30 Å². The number of hydrogen-bond acceptors (Lipinski definition) is 3. The molecule has 1 heterocycles. The first-order valence-electron chi connectivity index (χ1n) is 4.58. The lowest BCUT2D eigenvalue weighted by Crippen LogP contribution is -2.42. The summed E-state index contributed by atoms with van der Waals surface area (Å²) >= 11 is 5.75. The van der Waals surface area contributed by atoms with Gasteiger partial charge in [-0.25, -0.2) is 0 Å². The van der Waals surface area contributed by atoms with Crippen LogP contribution in [0.15, 0.2) is 35.4 Å². The summed E-state index contributed by atoms with van der Waals surface area (Å²) in [6, 6.07) is 10.1. The summed E-state index contributed by atoms with van der Waals surface area (Å²) in [6.07, 6.45) is -0.311. The molecule has 4 nitrogen and oxygen atoms in total. The summed E-state index contributed by atoms with van der Waals surface area (Å²) in [5.41, 5.74) is 3.05. The largest absolute Gasteiger partial charge is 0.302 e. The molecule has 1 aliphatic rings. The minimum Gasteiger partial charge on any atom is -0.302 e. The summed E-state index contributed by atoms with van der Waals surface area (Å²) in [7, 11) is 3.87. The topological polar surface area (TPSA) is 30.9 Å². The van der Waals surface area contributed by atoms with Crippen molar-refractivity contribution in [2.45, 2.75) is 0 Å². The second kappa shape index (κ2) is 3.93. The zero-order chi connectivity index (χ0) is 10.9. The van der Waals surface area contributed by atoms with E-state index in [4.69, 9.17) is 11.8 Å². The molecule has 1 aromatic rings. The van der Waals surface area contributed by atoms with Gasteiger partial charge in [-0.3, -0.25) is 4.78 Å². The third-order valence-corrected chi connectivity index (χ3v) is 7.22. The van der Waals surface area contributed by atoms with Crippen molar-refractivity contribution in [2.24, 2.45) is 5.10 Å². The van der Waals surface area contributed by atoms with Gasteiger partial charge in [-0.05, 0) is 11.8 Å². The summed E-state index contributed by atoms with van der Waals surface area (Å²) in [5.74, 6) is 0. The fourth-order valence-electron chi connectivity index (χ4n) is 1.50. The van der Waals surface area contributed by atoms with E-state index in [2.05, 4.69) is 22.7 Å². The first kappa shape index (κ1) is 10.6. The van der Waals surface area contributed by atoms with Gasteiger partial charge in [0.05, 0.1) is 0 Å². The Morgan fingerprint density at radius 1 is 1.27 bits per heavy atom. The monoisotopic (exact) mass is 240 g/mol. The van der Waals surface area contributed by atoms with Gasteiger partial charge in [0.1, 0.15) is 6.34 Å². The molecule has 0 fully saturated rings. The summed E-state index contributed by atoms with van der Waals surface area (Å²) < 4.78 is 3.83. The van der Waals surface area contributed by atoms with E-state index < -0.39 is 6.34 Å². The van der Waals surface area contributed by atoms with Crippen LogP contribution in [0.25, 0.3) is 0 Å². The first-order chi connectivity index (χ1) is 7.15. The Kier molecular flexibility index (Phi) is 2.78. The van der Waals surface area contributed by atoms with Crippen molar-refractivity contribution < 1.29 is 0 Å². The van der Waals surface area contributed by atoms with Gasteiger partial charge < -0.3 is 5.43 Å². The van der Waals surface area contributed by atoms with Crippen molar-refractivity contribution in [1.29, 1.82) is 0 Å². The molecule has 0 aliphatic carbocycles. The number of hydrogen-bond donors (Lipinski definition) is 1. The van der Waals surface area contributed by atoms with Crippen molar-refractivity contribution in [3.8, 4) is 0 Å². The molecule has 6 heteroatoms. The fourth-order valence-corrected chi connectivity index (χ4v) is 4.16. The Morgan fingerprint density at radius 3 is 2.53 bits per heavy atom. The number of hydrazone groups is 1. The molecule has 0 aromatic heterocycles. The molecule has 1 atom stereocenters. The van der Waals surface area contributed by atoms with Gasteiger partial charge >= 0.3 is 0 Å². The molecule has 80 valence electrons. The number of nitrogens with zero attached hydrogens (tertiary/aromatic N) is 3. The van der Waals surface area contributed by atoms with E-state index in [1.54, 1.807) is 6.34 Å². The SMILES string of the molecule is CN1N=CNN(C)P1(=S)c1ccccc1. The molecule has 0 saturated heterocycles. The lowest BCUT2D eigenvalue weighted by molar-refractivity contribution is 0.425. The minimum absolute atomic E-state index is 1.13. The molecule has 0 radical (unpaired) electrons. The highest BCUT2D eigenvalue weighted by molar-refractivity contribution is 8.15. The molecule has 1 aliphatic heterocycles. The lowest BCUT2D eigenvalue weighted by atomic mass is 10.4. The quantitative estimate of drug-likeness (QED) is 0.740. The average molecular weight is 240 g/mol. The number of nitrogens with one attached hydrogen (secondary N) is 1. The van der Waals surface area contributed by atoms with Gasteiger partial charge in [-0.2, -0.15) is 9.88 Å². The Labute approximate surface area is 94.7 Å². The Morgan fingerprint density at radius 2 is 1.93 bits per heavy atom. The van der Waals surface area contributed by atoms with Crippen LogP contribution in [0.4, 0.5) is 0 Å². The van der Waals surface area contributed by atoms with E-state index >= 15 is 0 Å². The van der Waals surface area contributed by atoms with Gasteiger partial charge in [0.25, 0.3) is 0 Å². The van der Waals surface area contributed by atoms with E-state index in [-0.39, 0.29) is 0 Å². The van der Waals surface area contributed by atoms with E-state index in [9.17, 15) is 0 Å². The van der Waals surface area contributed by atoms with Gasteiger partial charge in [0, 0.05) is 19.4 Å². The van der Waals surface area contributed by atoms with Crippen molar-refractivity contribution in [3.05, 3.63) is 30.3 Å². The lowest BCUT2D eigenvalue weighted by Gasteiger charge is -2.39. The Bertz CT molecular complexity index is 419. The molecule has 0 amide bonds. The van der Waals surface area contributed by atoms with Crippen molar-refractivity contribution >= 4 is 29.8 Å². The molecule has 1 N–H and O–H groups in total. The zero-order valence-electron chi connectivity index (χ0n) is 8.66. The smallest absolute Gasteiger partial charge is 0.162 e. The van der Waals surface area contributed by atoms with E-state index in [1.807, 2.05) is 41.9 Å². The van der Waals surface area contributed by atoms with Crippen LogP contribution in [0, 0.1) is 0 Å². The number of hydrazine groups is 1. The highest BCUT2D eigenvalue weighted by Gasteiger charge is 2.31. The van der Waals surface area contributed by atoms with Crippen molar-refractivity contribution in [3.63, 3.8) is 0 Å². The summed E-state index contributed by atoms with van der Waals surface area (Å²) in [4.78, 5) is 0. The molecule has 0 saturated carbocycles. The van der Waals surface area contributed by atoms with Gasteiger partial charge in [0.2, 0.25) is 0 Å². The molecule has 1 aromatic carbocycles. The van der Waals surface area contributed by atoms with Gasteiger partial charge in [-0.1, -0.05) is 30.3 Å². The predicted octanol–water partition coefficient (Wildman–Crippen LogP) is 0.946. The third kappa shape index (κ3) is 1.67. The van der Waals surface area contributed by atoms with Crippen molar-refractivity contribution in [2.75, 3.05) is 14.1 Å². The summed E-state index contributed by atoms with van der Waals surface area (Å²) in [5, 5.41) is 5.34. The van der Waals surface area contributed by atoms with Gasteiger partial charge in [-0.15, -0.1) is 0 Å². The van der Waals surface area contributed by atoms with Crippen molar-refractivity contribution in [1.82, 2.24) is 15.0 Å². The van der Waals surface area contributed by atoms with Gasteiger partial charge in [0.15, 0.2) is 6.34 Å². The van der Waals surface area contributed by atoms with Crippen LogP contribution in [0.2, 0.25) is 0 Å². The van der Waals surface area contributed by atoms with Crippen LogP contribution in [0.5, 0.6) is 0 Å². The molecule has 0 bridgehead atoms. The van der Waals surface area contributed by atoms with Crippen LogP contribution in [-0.2, 0) is 11.8 Å². The standard InChI is InChI=1S/C9H13N4PS/c1-12-10-8-11-13(2)14(12,15)9-6-4-3-5-7-9/h3-8H,1-2H3,(H,10,11). The molecule has 2 rings (SSSR count). The van der Waals surface area contributed by atoms with Crippen LogP contribution in [0.3, 0.4) is 0 Å². The third-order valence-electron chi connectivity index (χ3n) is 2.36. The molecule has 1 unspecified atom stereocenters. The summed E-state index contributed by atoms with van der Waals surface area (Å²) in [6.45, 7) is 0. The maximum absolute atomic E-state index is 5.75. The minimum atomic E-state index is -1.96. The van der Waals surface area contributed by atoms with Crippen LogP contribution in [-0.4, -0.2) is 30.0 Å². The maximum atomic E-state index is 5.75. The fraction of sp³-hybridized carbons (Fsp3) is 0.222.